The molecular weight excluding hydrogens is 266 g/mol. The molecule has 0 amide bonds. The number of aryl methyl sites for hydroxylation is 2. The molecule has 0 bridgehead atoms. The number of hydrogen-bond acceptors (Lipinski definition) is 3. The van der Waals surface area contributed by atoms with Crippen molar-refractivity contribution in [3.05, 3.63) is 16.4 Å². The van der Waals surface area contributed by atoms with E-state index in [9.17, 15) is 0 Å². The van der Waals surface area contributed by atoms with Gasteiger partial charge in [-0.05, 0) is 26.1 Å². The number of thioether (sulfide) groups is 1. The van der Waals surface area contributed by atoms with Gasteiger partial charge in [-0.15, -0.1) is 0 Å². The third-order valence-electron chi connectivity index (χ3n) is 2.93. The summed E-state index contributed by atoms with van der Waals surface area (Å²) in [7, 11) is 2.01. The van der Waals surface area contributed by atoms with Gasteiger partial charge in [-0.3, -0.25) is 4.68 Å². The second-order valence-electron chi connectivity index (χ2n) is 4.73. The Kier molecular flexibility index (Phi) is 6.53. The molecule has 0 aliphatic carbocycles. The highest BCUT2D eigenvalue weighted by atomic mass is 35.5. The van der Waals surface area contributed by atoms with Crippen LogP contribution in [0.2, 0.25) is 5.02 Å². The Hall–Kier alpha value is -0.190. The van der Waals surface area contributed by atoms with Gasteiger partial charge in [-0.2, -0.15) is 16.9 Å². The minimum Gasteiger partial charge on any atom is -0.316 e. The van der Waals surface area contributed by atoms with Crippen LogP contribution in [-0.2, 0) is 13.0 Å². The number of halogens is 1. The summed E-state index contributed by atoms with van der Waals surface area (Å²) in [6.07, 6.45) is 0.934. The molecular formula is C13H24ClN3S. The van der Waals surface area contributed by atoms with Gasteiger partial charge in [0.2, 0.25) is 0 Å². The van der Waals surface area contributed by atoms with Crippen LogP contribution in [0.4, 0.5) is 0 Å². The highest BCUT2D eigenvalue weighted by Gasteiger charge is 2.17. The Morgan fingerprint density at radius 1 is 1.44 bits per heavy atom. The van der Waals surface area contributed by atoms with Crippen LogP contribution in [0.3, 0.4) is 0 Å². The Balaban J connectivity index is 2.74. The molecule has 0 spiro atoms. The van der Waals surface area contributed by atoms with E-state index >= 15 is 0 Å². The first-order valence-corrected chi connectivity index (χ1v) is 7.92. The van der Waals surface area contributed by atoms with Gasteiger partial charge in [0.1, 0.15) is 0 Å². The molecule has 0 fully saturated rings. The van der Waals surface area contributed by atoms with Gasteiger partial charge in [0.05, 0.1) is 16.4 Å². The molecule has 0 radical (unpaired) electrons. The van der Waals surface area contributed by atoms with Gasteiger partial charge in [0, 0.05) is 24.8 Å². The number of nitrogens with zero attached hydrogens (tertiary/aromatic N) is 2. The molecule has 0 aromatic carbocycles. The molecule has 5 heteroatoms. The quantitative estimate of drug-likeness (QED) is 0.836. The largest absolute Gasteiger partial charge is 0.316 e. The van der Waals surface area contributed by atoms with E-state index in [2.05, 4.69) is 31.2 Å². The van der Waals surface area contributed by atoms with E-state index in [-0.39, 0.29) is 0 Å². The predicted molar refractivity (Wildman–Crippen MR) is 81.8 cm³/mol. The van der Waals surface area contributed by atoms with Gasteiger partial charge in [0.25, 0.3) is 0 Å². The lowest BCUT2D eigenvalue weighted by molar-refractivity contribution is 0.556. The highest BCUT2D eigenvalue weighted by Crippen LogP contribution is 2.23. The number of nitrogens with one attached hydrogen (secondary N) is 1. The van der Waals surface area contributed by atoms with Crippen molar-refractivity contribution in [3.63, 3.8) is 0 Å². The molecule has 1 N–H and O–H groups in total. The summed E-state index contributed by atoms with van der Waals surface area (Å²) in [5.74, 6) is 1.10. The Morgan fingerprint density at radius 3 is 2.61 bits per heavy atom. The molecule has 1 aromatic heterocycles. The van der Waals surface area contributed by atoms with Crippen LogP contribution in [0.15, 0.2) is 0 Å². The summed E-state index contributed by atoms with van der Waals surface area (Å²) in [5.41, 5.74) is 2.08. The van der Waals surface area contributed by atoms with Crippen molar-refractivity contribution in [1.82, 2.24) is 15.1 Å². The average Bonchev–Trinajstić information content (AvgIpc) is 2.61. The van der Waals surface area contributed by atoms with Crippen LogP contribution in [0.1, 0.15) is 32.2 Å². The van der Waals surface area contributed by atoms with Crippen LogP contribution in [-0.4, -0.2) is 33.9 Å². The Bertz CT molecular complexity index is 377. The molecule has 1 unspecified atom stereocenters. The third-order valence-corrected chi connectivity index (χ3v) is 4.68. The SMILES string of the molecule is CCn1nc(C)c(Cl)c1CC(CSC(C)C)NC. The molecule has 0 saturated heterocycles. The third kappa shape index (κ3) is 4.18. The second-order valence-corrected chi connectivity index (χ2v) is 6.72. The molecule has 0 saturated carbocycles. The van der Waals surface area contributed by atoms with E-state index in [0.29, 0.717) is 11.3 Å². The van der Waals surface area contributed by atoms with E-state index in [4.69, 9.17) is 11.6 Å². The highest BCUT2D eigenvalue weighted by molar-refractivity contribution is 7.99. The molecule has 18 heavy (non-hydrogen) atoms. The fourth-order valence-corrected chi connectivity index (χ4v) is 2.96. The Labute approximate surface area is 120 Å². The first kappa shape index (κ1) is 15.9. The summed E-state index contributed by atoms with van der Waals surface area (Å²) in [5, 5.41) is 9.32. The van der Waals surface area contributed by atoms with Crippen LogP contribution in [0, 0.1) is 6.92 Å². The molecule has 104 valence electrons. The lowest BCUT2D eigenvalue weighted by Gasteiger charge is -2.18. The fraction of sp³-hybridized carbons (Fsp3) is 0.769. The van der Waals surface area contributed by atoms with Crippen LogP contribution in [0.5, 0.6) is 0 Å². The van der Waals surface area contributed by atoms with Crippen molar-refractivity contribution in [2.24, 2.45) is 0 Å². The summed E-state index contributed by atoms with van der Waals surface area (Å²) in [6.45, 7) is 9.39. The molecule has 0 aliphatic rings. The van der Waals surface area contributed by atoms with Gasteiger partial charge in [0.15, 0.2) is 0 Å². The fourth-order valence-electron chi connectivity index (χ4n) is 1.85. The number of hydrogen-bond donors (Lipinski definition) is 1. The zero-order chi connectivity index (χ0) is 13.7. The van der Waals surface area contributed by atoms with Gasteiger partial charge >= 0.3 is 0 Å². The first-order chi connectivity index (χ1) is 8.49. The molecule has 1 atom stereocenters. The predicted octanol–water partition coefficient (Wildman–Crippen LogP) is 3.14. The topological polar surface area (TPSA) is 29.9 Å². The van der Waals surface area contributed by atoms with E-state index < -0.39 is 0 Å². The summed E-state index contributed by atoms with van der Waals surface area (Å²) >= 11 is 8.31. The zero-order valence-electron chi connectivity index (χ0n) is 12.0. The maximum atomic E-state index is 6.34. The van der Waals surface area contributed by atoms with E-state index in [1.165, 1.54) is 0 Å². The van der Waals surface area contributed by atoms with Crippen molar-refractivity contribution >= 4 is 23.4 Å². The van der Waals surface area contributed by atoms with Crippen molar-refractivity contribution < 1.29 is 0 Å². The van der Waals surface area contributed by atoms with Crippen LogP contribution < -0.4 is 5.32 Å². The van der Waals surface area contributed by atoms with Gasteiger partial charge < -0.3 is 5.32 Å². The minimum atomic E-state index is 0.441. The van der Waals surface area contributed by atoms with Crippen molar-refractivity contribution in [3.8, 4) is 0 Å². The van der Waals surface area contributed by atoms with Crippen LogP contribution in [0.25, 0.3) is 0 Å². The van der Waals surface area contributed by atoms with E-state index in [1.54, 1.807) is 0 Å². The summed E-state index contributed by atoms with van der Waals surface area (Å²) in [4.78, 5) is 0. The van der Waals surface area contributed by atoms with Crippen molar-refractivity contribution in [1.29, 1.82) is 0 Å². The average molecular weight is 290 g/mol. The molecule has 1 aromatic rings. The van der Waals surface area contributed by atoms with Crippen molar-refractivity contribution in [2.75, 3.05) is 12.8 Å². The van der Waals surface area contributed by atoms with Crippen molar-refractivity contribution in [2.45, 2.75) is 52.0 Å². The van der Waals surface area contributed by atoms with E-state index in [0.717, 1.165) is 35.1 Å². The standard InChI is InChI=1S/C13H24ClN3S/c1-6-17-12(13(14)10(4)16-17)7-11(15-5)8-18-9(2)3/h9,11,15H,6-8H2,1-5H3. The number of rotatable bonds is 7. The van der Waals surface area contributed by atoms with Crippen LogP contribution >= 0.6 is 23.4 Å². The first-order valence-electron chi connectivity index (χ1n) is 6.50. The normalized spacial score (nSPS) is 13.3. The smallest absolute Gasteiger partial charge is 0.0847 e. The molecule has 1 rings (SSSR count). The number of aromatic nitrogens is 2. The maximum absolute atomic E-state index is 6.34. The van der Waals surface area contributed by atoms with Gasteiger partial charge in [-0.25, -0.2) is 0 Å². The van der Waals surface area contributed by atoms with E-state index in [1.807, 2.05) is 30.4 Å². The monoisotopic (exact) mass is 289 g/mol. The number of likely N-dealkylation sites (N-methyl/N-ethyl adjacent to an activating group) is 1. The lowest BCUT2D eigenvalue weighted by atomic mass is 10.1. The second kappa shape index (κ2) is 7.41. The lowest BCUT2D eigenvalue weighted by Crippen LogP contribution is -2.31. The van der Waals surface area contributed by atoms with Gasteiger partial charge in [-0.1, -0.05) is 25.4 Å². The zero-order valence-corrected chi connectivity index (χ0v) is 13.5. The Morgan fingerprint density at radius 2 is 2.11 bits per heavy atom. The molecule has 0 aliphatic heterocycles. The minimum absolute atomic E-state index is 0.441. The molecule has 1 heterocycles. The maximum Gasteiger partial charge on any atom is 0.0847 e. The summed E-state index contributed by atoms with van der Waals surface area (Å²) < 4.78 is 2.02. The summed E-state index contributed by atoms with van der Waals surface area (Å²) in [6, 6.07) is 0.441. The molecule has 3 nitrogen and oxygen atoms in total.